The normalized spacial score (nSPS) is 24.3. The van der Waals surface area contributed by atoms with Crippen molar-refractivity contribution in [1.29, 1.82) is 0 Å². The highest BCUT2D eigenvalue weighted by Crippen LogP contribution is 2.30. The largest absolute Gasteiger partial charge is 0.381 e. The number of hydrogen-bond donors (Lipinski definition) is 0. The summed E-state index contributed by atoms with van der Waals surface area (Å²) in [6.07, 6.45) is 2.10. The molecule has 2 amide bonds. The van der Waals surface area contributed by atoms with E-state index < -0.39 is 0 Å². The first-order valence-electron chi connectivity index (χ1n) is 7.54. The molecule has 3 aliphatic heterocycles. The Morgan fingerprint density at radius 2 is 1.48 bits per heavy atom. The number of imide groups is 1. The van der Waals surface area contributed by atoms with Crippen LogP contribution in [0.1, 0.15) is 33.6 Å². The zero-order valence-corrected chi connectivity index (χ0v) is 11.8. The second-order valence-electron chi connectivity index (χ2n) is 5.98. The fourth-order valence-electron chi connectivity index (χ4n) is 3.54. The Hall–Kier alpha value is -1.72. The lowest BCUT2D eigenvalue weighted by molar-refractivity contribution is -0.0247. The number of ether oxygens (including phenoxy) is 1. The Morgan fingerprint density at radius 3 is 2.05 bits per heavy atom. The lowest BCUT2D eigenvalue weighted by Gasteiger charge is -2.48. The Balaban J connectivity index is 1.45. The van der Waals surface area contributed by atoms with Crippen LogP contribution in [0.5, 0.6) is 0 Å². The van der Waals surface area contributed by atoms with Crippen LogP contribution < -0.4 is 0 Å². The van der Waals surface area contributed by atoms with Crippen molar-refractivity contribution in [1.82, 2.24) is 9.80 Å². The molecule has 5 nitrogen and oxygen atoms in total. The number of carbonyl (C=O) groups excluding carboxylic acids is 2. The summed E-state index contributed by atoms with van der Waals surface area (Å²) < 4.78 is 5.38. The molecule has 110 valence electrons. The van der Waals surface area contributed by atoms with E-state index in [1.807, 2.05) is 12.1 Å². The van der Waals surface area contributed by atoms with Crippen LogP contribution in [-0.2, 0) is 4.74 Å². The van der Waals surface area contributed by atoms with Gasteiger partial charge in [-0.25, -0.2) is 0 Å². The van der Waals surface area contributed by atoms with Crippen molar-refractivity contribution in [3.05, 3.63) is 35.4 Å². The second-order valence-corrected chi connectivity index (χ2v) is 5.98. The number of fused-ring (bicyclic) bond motifs is 1. The molecular weight excluding hydrogens is 268 g/mol. The van der Waals surface area contributed by atoms with Crippen molar-refractivity contribution in [2.75, 3.05) is 26.3 Å². The summed E-state index contributed by atoms with van der Waals surface area (Å²) in [4.78, 5) is 28.6. The highest BCUT2D eigenvalue weighted by Gasteiger charge is 2.45. The molecular formula is C16H18N2O3. The zero-order valence-electron chi connectivity index (χ0n) is 11.8. The molecule has 0 spiro atoms. The van der Waals surface area contributed by atoms with Gasteiger partial charge in [-0.05, 0) is 25.0 Å². The van der Waals surface area contributed by atoms with Crippen LogP contribution in [0.25, 0.3) is 0 Å². The van der Waals surface area contributed by atoms with E-state index >= 15 is 0 Å². The standard InChI is InChI=1S/C16H18N2O3/c19-15-13-3-1-2-4-14(13)16(20)18(15)12-9-17(10-12)11-5-7-21-8-6-11/h1-4,11-12H,5-10H2. The van der Waals surface area contributed by atoms with Gasteiger partial charge >= 0.3 is 0 Å². The van der Waals surface area contributed by atoms with Gasteiger partial charge < -0.3 is 4.74 Å². The van der Waals surface area contributed by atoms with Gasteiger partial charge in [-0.15, -0.1) is 0 Å². The van der Waals surface area contributed by atoms with E-state index in [2.05, 4.69) is 4.90 Å². The van der Waals surface area contributed by atoms with Crippen LogP contribution >= 0.6 is 0 Å². The van der Waals surface area contributed by atoms with E-state index in [9.17, 15) is 9.59 Å². The quantitative estimate of drug-likeness (QED) is 0.765. The molecule has 0 saturated carbocycles. The molecule has 0 atom stereocenters. The Labute approximate surface area is 123 Å². The van der Waals surface area contributed by atoms with Gasteiger partial charge in [-0.1, -0.05) is 12.1 Å². The van der Waals surface area contributed by atoms with Gasteiger partial charge in [-0.2, -0.15) is 0 Å². The summed E-state index contributed by atoms with van der Waals surface area (Å²) in [5, 5.41) is 0. The maximum atomic E-state index is 12.4. The second kappa shape index (κ2) is 4.93. The number of rotatable bonds is 2. The number of likely N-dealkylation sites (tertiary alicyclic amines) is 1. The van der Waals surface area contributed by atoms with Crippen LogP contribution in [-0.4, -0.2) is 60.0 Å². The average molecular weight is 286 g/mol. The van der Waals surface area contributed by atoms with Gasteiger partial charge in [0.15, 0.2) is 0 Å². The molecule has 0 aliphatic carbocycles. The van der Waals surface area contributed by atoms with Crippen molar-refractivity contribution in [2.24, 2.45) is 0 Å². The number of carbonyl (C=O) groups is 2. The summed E-state index contributed by atoms with van der Waals surface area (Å²) in [5.41, 5.74) is 1.10. The maximum Gasteiger partial charge on any atom is 0.261 e. The first-order valence-corrected chi connectivity index (χ1v) is 7.54. The molecule has 4 rings (SSSR count). The van der Waals surface area contributed by atoms with Crippen molar-refractivity contribution >= 4 is 11.8 Å². The molecule has 1 aromatic carbocycles. The number of amides is 2. The SMILES string of the molecule is O=C1c2ccccc2C(=O)N1C1CN(C2CCOCC2)C1. The Bertz CT molecular complexity index is 554. The first-order chi connectivity index (χ1) is 10.3. The van der Waals surface area contributed by atoms with E-state index in [0.717, 1.165) is 39.1 Å². The van der Waals surface area contributed by atoms with E-state index in [1.165, 1.54) is 4.90 Å². The molecule has 3 heterocycles. The van der Waals surface area contributed by atoms with Crippen molar-refractivity contribution in [2.45, 2.75) is 24.9 Å². The van der Waals surface area contributed by atoms with E-state index in [1.54, 1.807) is 12.1 Å². The number of hydrogen-bond acceptors (Lipinski definition) is 4. The van der Waals surface area contributed by atoms with Crippen LogP contribution in [0, 0.1) is 0 Å². The Morgan fingerprint density at radius 1 is 0.905 bits per heavy atom. The first kappa shape index (κ1) is 13.0. The highest BCUT2D eigenvalue weighted by molar-refractivity contribution is 6.21. The van der Waals surface area contributed by atoms with Gasteiger partial charge in [-0.3, -0.25) is 19.4 Å². The fraction of sp³-hybridized carbons (Fsp3) is 0.500. The minimum absolute atomic E-state index is 0.0280. The minimum Gasteiger partial charge on any atom is -0.381 e. The molecule has 0 N–H and O–H groups in total. The molecule has 0 aromatic heterocycles. The fourth-order valence-corrected chi connectivity index (χ4v) is 3.54. The average Bonchev–Trinajstić information content (AvgIpc) is 2.73. The lowest BCUT2D eigenvalue weighted by Crippen LogP contribution is -2.63. The molecule has 3 aliphatic rings. The van der Waals surface area contributed by atoms with Gasteiger partial charge in [0.1, 0.15) is 0 Å². The summed E-state index contributed by atoms with van der Waals surface area (Å²) in [6, 6.07) is 7.67. The van der Waals surface area contributed by atoms with Gasteiger partial charge in [0.05, 0.1) is 17.2 Å². The van der Waals surface area contributed by atoms with E-state index in [4.69, 9.17) is 4.74 Å². The van der Waals surface area contributed by atoms with Crippen LogP contribution in [0.4, 0.5) is 0 Å². The summed E-state index contributed by atoms with van der Waals surface area (Å²) >= 11 is 0. The van der Waals surface area contributed by atoms with Gasteiger partial charge in [0, 0.05) is 32.3 Å². The lowest BCUT2D eigenvalue weighted by atomic mass is 9.99. The molecule has 1 aromatic rings. The Kier molecular flexibility index (Phi) is 3.05. The molecule has 2 fully saturated rings. The predicted molar refractivity (Wildman–Crippen MR) is 76.1 cm³/mol. The maximum absolute atomic E-state index is 12.4. The molecule has 0 unspecified atom stereocenters. The topological polar surface area (TPSA) is 49.9 Å². The summed E-state index contributed by atoms with van der Waals surface area (Å²) in [7, 11) is 0. The van der Waals surface area contributed by atoms with Crippen molar-refractivity contribution < 1.29 is 14.3 Å². The number of nitrogens with zero attached hydrogens (tertiary/aromatic N) is 2. The third-order valence-electron chi connectivity index (χ3n) is 4.79. The molecule has 2 saturated heterocycles. The number of benzene rings is 1. The highest BCUT2D eigenvalue weighted by atomic mass is 16.5. The predicted octanol–water partition coefficient (Wildman–Crippen LogP) is 1.15. The molecule has 0 radical (unpaired) electrons. The minimum atomic E-state index is -0.132. The third-order valence-corrected chi connectivity index (χ3v) is 4.79. The molecule has 21 heavy (non-hydrogen) atoms. The van der Waals surface area contributed by atoms with E-state index in [-0.39, 0.29) is 17.9 Å². The summed E-state index contributed by atoms with van der Waals surface area (Å²) in [6.45, 7) is 3.24. The third kappa shape index (κ3) is 2.00. The van der Waals surface area contributed by atoms with E-state index in [0.29, 0.717) is 17.2 Å². The molecule has 5 heteroatoms. The smallest absolute Gasteiger partial charge is 0.261 e. The van der Waals surface area contributed by atoms with Crippen LogP contribution in [0.2, 0.25) is 0 Å². The van der Waals surface area contributed by atoms with Crippen molar-refractivity contribution in [3.8, 4) is 0 Å². The van der Waals surface area contributed by atoms with Gasteiger partial charge in [0.2, 0.25) is 0 Å². The monoisotopic (exact) mass is 286 g/mol. The van der Waals surface area contributed by atoms with Crippen molar-refractivity contribution in [3.63, 3.8) is 0 Å². The molecule has 0 bridgehead atoms. The van der Waals surface area contributed by atoms with Crippen LogP contribution in [0.15, 0.2) is 24.3 Å². The zero-order chi connectivity index (χ0) is 14.4. The van der Waals surface area contributed by atoms with Crippen LogP contribution in [0.3, 0.4) is 0 Å². The summed E-state index contributed by atoms with van der Waals surface area (Å²) in [5.74, 6) is -0.264. The van der Waals surface area contributed by atoms with Gasteiger partial charge in [0.25, 0.3) is 11.8 Å².